The smallest absolute Gasteiger partial charge is 0.244 e. The Morgan fingerprint density at radius 3 is 2.79 bits per heavy atom. The highest BCUT2D eigenvalue weighted by atomic mass is 16.5. The number of nitrogens with zero attached hydrogens (tertiary/aromatic N) is 1. The van der Waals surface area contributed by atoms with Crippen molar-refractivity contribution in [2.24, 2.45) is 11.7 Å². The van der Waals surface area contributed by atoms with E-state index in [0.717, 1.165) is 36.4 Å². The van der Waals surface area contributed by atoms with Gasteiger partial charge in [0.25, 0.3) is 0 Å². The van der Waals surface area contributed by atoms with E-state index in [1.807, 2.05) is 36.9 Å². The van der Waals surface area contributed by atoms with Gasteiger partial charge in [-0.1, -0.05) is 13.8 Å². The molecule has 1 aromatic carbocycles. The number of carbonyl (C=O) groups is 1. The van der Waals surface area contributed by atoms with E-state index in [2.05, 4.69) is 0 Å². The van der Waals surface area contributed by atoms with Crippen LogP contribution in [0.4, 0.5) is 5.69 Å². The van der Waals surface area contributed by atoms with Crippen LogP contribution in [0.2, 0.25) is 0 Å². The Bertz CT molecular complexity index is 471. The summed E-state index contributed by atoms with van der Waals surface area (Å²) in [7, 11) is 1.65. The van der Waals surface area contributed by atoms with Crippen molar-refractivity contribution in [3.8, 4) is 5.75 Å². The van der Waals surface area contributed by atoms with Crippen LogP contribution in [-0.2, 0) is 11.2 Å². The number of amides is 1. The maximum atomic E-state index is 12.4. The minimum absolute atomic E-state index is 0.0149. The first-order valence-corrected chi connectivity index (χ1v) is 6.78. The third kappa shape index (κ3) is 2.73. The fraction of sp³-hybridized carbons (Fsp3) is 0.533. The van der Waals surface area contributed by atoms with Crippen molar-refractivity contribution in [2.45, 2.75) is 32.7 Å². The summed E-state index contributed by atoms with van der Waals surface area (Å²) in [5, 5.41) is 0. The first-order valence-electron chi connectivity index (χ1n) is 6.78. The van der Waals surface area contributed by atoms with Crippen molar-refractivity contribution in [2.75, 3.05) is 18.6 Å². The summed E-state index contributed by atoms with van der Waals surface area (Å²) < 4.78 is 5.23. The topological polar surface area (TPSA) is 55.6 Å². The highest BCUT2D eigenvalue weighted by Gasteiger charge is 2.28. The average Bonchev–Trinajstić information content (AvgIpc) is 2.44. The van der Waals surface area contributed by atoms with Crippen molar-refractivity contribution < 1.29 is 9.53 Å². The molecule has 0 fully saturated rings. The monoisotopic (exact) mass is 262 g/mol. The number of anilines is 1. The lowest BCUT2D eigenvalue weighted by molar-refractivity contribution is -0.120. The van der Waals surface area contributed by atoms with Crippen LogP contribution in [0.1, 0.15) is 25.8 Å². The third-order valence-corrected chi connectivity index (χ3v) is 3.67. The van der Waals surface area contributed by atoms with Crippen molar-refractivity contribution in [1.29, 1.82) is 0 Å². The average molecular weight is 262 g/mol. The minimum Gasteiger partial charge on any atom is -0.497 e. The molecule has 1 amide bonds. The Labute approximate surface area is 114 Å². The number of hydrogen-bond acceptors (Lipinski definition) is 3. The van der Waals surface area contributed by atoms with Crippen LogP contribution in [0, 0.1) is 5.92 Å². The molecular formula is C15H22N2O2. The zero-order valence-corrected chi connectivity index (χ0v) is 11.8. The van der Waals surface area contributed by atoms with Crippen molar-refractivity contribution in [1.82, 2.24) is 0 Å². The fourth-order valence-corrected chi connectivity index (χ4v) is 2.39. The summed E-state index contributed by atoms with van der Waals surface area (Å²) in [5.41, 5.74) is 8.13. The summed E-state index contributed by atoms with van der Waals surface area (Å²) >= 11 is 0. The Kier molecular flexibility index (Phi) is 4.10. The molecule has 1 aromatic rings. The molecule has 4 heteroatoms. The molecule has 0 saturated heterocycles. The van der Waals surface area contributed by atoms with Crippen LogP contribution in [0.25, 0.3) is 0 Å². The van der Waals surface area contributed by atoms with Gasteiger partial charge in [0.2, 0.25) is 5.91 Å². The maximum Gasteiger partial charge on any atom is 0.244 e. The largest absolute Gasteiger partial charge is 0.497 e. The van der Waals surface area contributed by atoms with E-state index >= 15 is 0 Å². The lowest BCUT2D eigenvalue weighted by Crippen LogP contribution is -2.48. The maximum absolute atomic E-state index is 12.4. The van der Waals surface area contributed by atoms with Crippen molar-refractivity contribution >= 4 is 11.6 Å². The first-order chi connectivity index (χ1) is 9.04. The molecule has 0 saturated carbocycles. The number of fused-ring (bicyclic) bond motifs is 1. The number of benzene rings is 1. The van der Waals surface area contributed by atoms with Gasteiger partial charge in [-0.25, -0.2) is 0 Å². The van der Waals surface area contributed by atoms with Gasteiger partial charge in [0.15, 0.2) is 0 Å². The standard InChI is InChI=1S/C15H22N2O2/c1-10(2)14(16)15(18)17-8-4-5-11-9-12(19-3)6-7-13(11)17/h6-7,9-10,14H,4-5,8,16H2,1-3H3/t14-/m0/s1. The normalized spacial score (nSPS) is 16.2. The summed E-state index contributed by atoms with van der Waals surface area (Å²) in [5.74, 6) is 0.999. The van der Waals surface area contributed by atoms with Gasteiger partial charge >= 0.3 is 0 Å². The molecule has 0 unspecified atom stereocenters. The molecule has 0 spiro atoms. The van der Waals surface area contributed by atoms with Crippen LogP contribution in [0.15, 0.2) is 18.2 Å². The van der Waals surface area contributed by atoms with Crippen LogP contribution in [0.3, 0.4) is 0 Å². The van der Waals surface area contributed by atoms with Gasteiger partial charge in [0.1, 0.15) is 5.75 Å². The van der Waals surface area contributed by atoms with Crippen molar-refractivity contribution in [3.05, 3.63) is 23.8 Å². The number of ether oxygens (including phenoxy) is 1. The van der Waals surface area contributed by atoms with Gasteiger partial charge in [0.05, 0.1) is 13.2 Å². The molecule has 0 radical (unpaired) electrons. The van der Waals surface area contributed by atoms with E-state index in [9.17, 15) is 4.79 Å². The lowest BCUT2D eigenvalue weighted by Gasteiger charge is -2.32. The molecule has 2 N–H and O–H groups in total. The predicted octanol–water partition coefficient (Wildman–Crippen LogP) is 1.96. The van der Waals surface area contributed by atoms with Gasteiger partial charge in [0, 0.05) is 12.2 Å². The van der Waals surface area contributed by atoms with Gasteiger partial charge in [-0.15, -0.1) is 0 Å². The Hall–Kier alpha value is -1.55. The van der Waals surface area contributed by atoms with E-state index in [0.29, 0.717) is 0 Å². The molecule has 2 rings (SSSR count). The van der Waals surface area contributed by atoms with E-state index < -0.39 is 6.04 Å². The van der Waals surface area contributed by atoms with Crippen LogP contribution in [-0.4, -0.2) is 25.6 Å². The number of methoxy groups -OCH3 is 1. The fourth-order valence-electron chi connectivity index (χ4n) is 2.39. The lowest BCUT2D eigenvalue weighted by atomic mass is 9.98. The highest BCUT2D eigenvalue weighted by molar-refractivity contribution is 5.98. The van der Waals surface area contributed by atoms with Gasteiger partial charge < -0.3 is 15.4 Å². The van der Waals surface area contributed by atoms with Gasteiger partial charge in [-0.2, -0.15) is 0 Å². The van der Waals surface area contributed by atoms with E-state index in [1.54, 1.807) is 7.11 Å². The molecule has 4 nitrogen and oxygen atoms in total. The van der Waals surface area contributed by atoms with E-state index in [4.69, 9.17) is 10.5 Å². The second-order valence-electron chi connectivity index (χ2n) is 5.36. The molecule has 1 heterocycles. The molecule has 1 aliphatic rings. The predicted molar refractivity (Wildman–Crippen MR) is 76.5 cm³/mol. The molecular weight excluding hydrogens is 240 g/mol. The van der Waals surface area contributed by atoms with Crippen LogP contribution >= 0.6 is 0 Å². The number of carbonyl (C=O) groups excluding carboxylic acids is 1. The second kappa shape index (κ2) is 5.61. The number of hydrogen-bond donors (Lipinski definition) is 1. The SMILES string of the molecule is COc1ccc2c(c1)CCCN2C(=O)[C@@H](N)C(C)C. The molecule has 19 heavy (non-hydrogen) atoms. The molecule has 0 aromatic heterocycles. The second-order valence-corrected chi connectivity index (χ2v) is 5.36. The minimum atomic E-state index is -0.437. The number of nitrogens with two attached hydrogens (primary N) is 1. The molecule has 0 bridgehead atoms. The number of rotatable bonds is 3. The molecule has 104 valence electrons. The Balaban J connectivity index is 2.29. The van der Waals surface area contributed by atoms with Crippen molar-refractivity contribution in [3.63, 3.8) is 0 Å². The zero-order chi connectivity index (χ0) is 14.0. The quantitative estimate of drug-likeness (QED) is 0.906. The molecule has 0 aliphatic carbocycles. The summed E-state index contributed by atoms with van der Waals surface area (Å²) in [4.78, 5) is 14.2. The summed E-state index contributed by atoms with van der Waals surface area (Å²) in [6.07, 6.45) is 1.95. The van der Waals surface area contributed by atoms with E-state index in [-0.39, 0.29) is 11.8 Å². The summed E-state index contributed by atoms with van der Waals surface area (Å²) in [6.45, 7) is 4.70. The molecule has 1 aliphatic heterocycles. The van der Waals surface area contributed by atoms with Gasteiger partial charge in [-0.05, 0) is 42.5 Å². The van der Waals surface area contributed by atoms with Crippen LogP contribution in [0.5, 0.6) is 5.75 Å². The molecule has 1 atom stereocenters. The summed E-state index contributed by atoms with van der Waals surface area (Å²) in [6, 6.07) is 5.42. The third-order valence-electron chi connectivity index (χ3n) is 3.67. The Morgan fingerprint density at radius 1 is 1.42 bits per heavy atom. The highest BCUT2D eigenvalue weighted by Crippen LogP contribution is 2.31. The zero-order valence-electron chi connectivity index (χ0n) is 11.8. The Morgan fingerprint density at radius 2 is 2.16 bits per heavy atom. The first kappa shape index (κ1) is 13.9. The van der Waals surface area contributed by atoms with E-state index in [1.165, 1.54) is 0 Å². The van der Waals surface area contributed by atoms with Crippen LogP contribution < -0.4 is 15.4 Å². The van der Waals surface area contributed by atoms with Gasteiger partial charge in [-0.3, -0.25) is 4.79 Å². The number of aryl methyl sites for hydroxylation is 1.